The summed E-state index contributed by atoms with van der Waals surface area (Å²) >= 11 is 0. The van der Waals surface area contributed by atoms with E-state index in [1.165, 1.54) is 13.3 Å². The average molecular weight is 673 g/mol. The summed E-state index contributed by atoms with van der Waals surface area (Å²) in [5.41, 5.74) is 3.12. The van der Waals surface area contributed by atoms with Crippen molar-refractivity contribution in [3.05, 3.63) is 52.1 Å². The number of anilines is 1. The topological polar surface area (TPSA) is 175 Å². The van der Waals surface area contributed by atoms with E-state index in [4.69, 9.17) is 24.8 Å². The number of hydrogen-bond acceptors (Lipinski definition) is 9. The molecule has 0 aromatic heterocycles. The Kier molecular flexibility index (Phi) is 12.2. The van der Waals surface area contributed by atoms with Crippen molar-refractivity contribution < 1.29 is 50.6 Å². The number of Topliss-reactive ketones (excluding diaryl/α,β-unsaturated/α-hetero) is 1. The van der Waals surface area contributed by atoms with E-state index in [0.717, 1.165) is 11.1 Å². The Morgan fingerprint density at radius 1 is 1.11 bits per heavy atom. The number of alkyl halides is 3. The summed E-state index contributed by atoms with van der Waals surface area (Å²) in [6, 6.07) is 6.87. The number of carbonyl (C=O) groups excluding carboxylic acids is 2. The lowest BCUT2D eigenvalue weighted by Gasteiger charge is -2.26. The van der Waals surface area contributed by atoms with Gasteiger partial charge in [-0.3, -0.25) is 15.0 Å². The van der Waals surface area contributed by atoms with Crippen LogP contribution in [0.1, 0.15) is 65.1 Å². The van der Waals surface area contributed by atoms with Crippen molar-refractivity contribution in [2.45, 2.75) is 45.8 Å². The van der Waals surface area contributed by atoms with Crippen molar-refractivity contribution in [2.24, 2.45) is 0 Å². The summed E-state index contributed by atoms with van der Waals surface area (Å²) in [6.07, 6.45) is -3.91. The van der Waals surface area contributed by atoms with Crippen LogP contribution in [0.3, 0.4) is 0 Å². The van der Waals surface area contributed by atoms with Crippen LogP contribution in [0.5, 0.6) is 11.5 Å². The molecule has 4 N–H and O–H groups in total. The molecule has 2 aromatic rings. The molecule has 0 aliphatic carbocycles. The van der Waals surface area contributed by atoms with Crippen molar-refractivity contribution in [3.63, 3.8) is 0 Å². The molecule has 0 unspecified atom stereocenters. The van der Waals surface area contributed by atoms with Crippen LogP contribution in [0.4, 0.5) is 18.9 Å². The Morgan fingerprint density at radius 3 is 2.20 bits per heavy atom. The second kappa shape index (κ2) is 14.8. The monoisotopic (exact) mass is 672 g/mol. The number of benzene rings is 2. The van der Waals surface area contributed by atoms with E-state index in [0.29, 0.717) is 47.0 Å². The smallest absolute Gasteiger partial charge is 0.490 e. The highest BCUT2D eigenvalue weighted by molar-refractivity contribution is 7.90. The molecule has 1 heterocycles. The standard InChI is InChI=1S/C28H38N4O6S.C2HF3O2/c1-8-38-24-13-18-15-32(26(29)19(18)14-20(24)27(34)30-5)16-23(33)17-11-21(28(2,3)4)25(37-6)22(12-17)31-9-10-39(7,35)36;3-2(4,5)1(6)7/h11-14,29,31H,8-10,15-16H2,1-7H3,(H,30,34);(H,6,7). The van der Waals surface area contributed by atoms with Gasteiger partial charge in [0.1, 0.15) is 27.2 Å². The van der Waals surface area contributed by atoms with Gasteiger partial charge < -0.3 is 30.1 Å². The van der Waals surface area contributed by atoms with E-state index in [9.17, 15) is 31.2 Å². The number of carbonyl (C=O) groups is 3. The lowest BCUT2D eigenvalue weighted by Crippen LogP contribution is -2.30. The molecule has 16 heteroatoms. The highest BCUT2D eigenvalue weighted by Crippen LogP contribution is 2.39. The first-order valence-corrected chi connectivity index (χ1v) is 16.0. The maximum absolute atomic E-state index is 13.6. The van der Waals surface area contributed by atoms with Gasteiger partial charge in [-0.15, -0.1) is 0 Å². The third-order valence-electron chi connectivity index (χ3n) is 6.70. The fourth-order valence-electron chi connectivity index (χ4n) is 4.48. The fourth-order valence-corrected chi connectivity index (χ4v) is 4.96. The third-order valence-corrected chi connectivity index (χ3v) is 7.64. The summed E-state index contributed by atoms with van der Waals surface area (Å²) in [7, 11) is -0.102. The molecule has 0 bridgehead atoms. The number of fused-ring (bicyclic) bond motifs is 1. The first-order valence-electron chi connectivity index (χ1n) is 14.0. The molecule has 46 heavy (non-hydrogen) atoms. The zero-order chi connectivity index (χ0) is 35.2. The van der Waals surface area contributed by atoms with Crippen molar-refractivity contribution in [3.8, 4) is 11.5 Å². The van der Waals surface area contributed by atoms with Gasteiger partial charge in [-0.1, -0.05) is 20.8 Å². The molecule has 0 fully saturated rings. The van der Waals surface area contributed by atoms with Gasteiger partial charge in [-0.25, -0.2) is 13.2 Å². The molecule has 254 valence electrons. The maximum atomic E-state index is 13.6. The Bertz CT molecular complexity index is 1600. The van der Waals surface area contributed by atoms with E-state index in [1.807, 2.05) is 27.7 Å². The van der Waals surface area contributed by atoms with Crippen LogP contribution in [-0.4, -0.2) is 94.0 Å². The van der Waals surface area contributed by atoms with Crippen molar-refractivity contribution in [1.29, 1.82) is 5.41 Å². The number of sulfone groups is 1. The van der Waals surface area contributed by atoms with Gasteiger partial charge in [0, 0.05) is 43.1 Å². The quantitative estimate of drug-likeness (QED) is 0.257. The molecule has 1 amide bonds. The fraction of sp³-hybridized carbons (Fsp3) is 0.467. The number of aliphatic carboxylic acids is 1. The first kappa shape index (κ1) is 37.8. The Balaban J connectivity index is 0.000000942. The van der Waals surface area contributed by atoms with Crippen LogP contribution in [0.25, 0.3) is 0 Å². The van der Waals surface area contributed by atoms with Gasteiger partial charge in [-0.2, -0.15) is 13.2 Å². The van der Waals surface area contributed by atoms with Gasteiger partial charge in [0.25, 0.3) is 5.91 Å². The Labute approximate surface area is 265 Å². The molecule has 1 aliphatic rings. The molecule has 1 aliphatic heterocycles. The number of methoxy groups -OCH3 is 1. The number of halogens is 3. The summed E-state index contributed by atoms with van der Waals surface area (Å²) in [5, 5.41) is 21.6. The number of carboxylic acids is 1. The van der Waals surface area contributed by atoms with Crippen LogP contribution in [0.2, 0.25) is 0 Å². The minimum atomic E-state index is -5.08. The second-order valence-electron chi connectivity index (χ2n) is 11.4. The number of ether oxygens (including phenoxy) is 2. The predicted molar refractivity (Wildman–Crippen MR) is 166 cm³/mol. The SMILES string of the molecule is CCOc1cc2c(cc1C(=O)NC)C(=N)N(CC(=O)c1cc(NCCS(C)(=O)=O)c(OC)c(C(C)(C)C)c1)C2.O=C(O)C(F)(F)F. The zero-order valence-corrected chi connectivity index (χ0v) is 27.5. The van der Waals surface area contributed by atoms with Crippen molar-refractivity contribution in [2.75, 3.05) is 51.2 Å². The normalized spacial score (nSPS) is 12.9. The Morgan fingerprint density at radius 2 is 1.72 bits per heavy atom. The molecule has 0 atom stereocenters. The molecule has 3 rings (SSSR count). The average Bonchev–Trinajstić information content (AvgIpc) is 3.24. The molecule has 0 spiro atoms. The van der Waals surface area contributed by atoms with E-state index >= 15 is 0 Å². The molecule has 0 saturated heterocycles. The largest absolute Gasteiger partial charge is 0.494 e. The number of ketones is 1. The lowest BCUT2D eigenvalue weighted by molar-refractivity contribution is -0.192. The number of amidine groups is 1. The van der Waals surface area contributed by atoms with Crippen LogP contribution >= 0.6 is 0 Å². The van der Waals surface area contributed by atoms with Gasteiger partial charge in [-0.05, 0) is 42.2 Å². The van der Waals surface area contributed by atoms with Gasteiger partial charge in [0.05, 0.1) is 37.3 Å². The highest BCUT2D eigenvalue weighted by Gasteiger charge is 2.38. The molecule has 2 aromatic carbocycles. The number of carboxylic acid groups (broad SMARTS) is 1. The molecular formula is C30H39F3N4O8S. The number of nitrogens with zero attached hydrogens (tertiary/aromatic N) is 1. The van der Waals surface area contributed by atoms with Gasteiger partial charge >= 0.3 is 12.1 Å². The van der Waals surface area contributed by atoms with E-state index in [2.05, 4.69) is 10.6 Å². The third kappa shape index (κ3) is 9.83. The van der Waals surface area contributed by atoms with Crippen LogP contribution < -0.4 is 20.1 Å². The van der Waals surface area contributed by atoms with Gasteiger partial charge in [0.15, 0.2) is 5.78 Å². The molecule has 12 nitrogen and oxygen atoms in total. The second-order valence-corrected chi connectivity index (χ2v) is 13.6. The van der Waals surface area contributed by atoms with Crippen molar-refractivity contribution in [1.82, 2.24) is 10.2 Å². The predicted octanol–water partition coefficient (Wildman–Crippen LogP) is 3.86. The zero-order valence-electron chi connectivity index (χ0n) is 26.6. The summed E-state index contributed by atoms with van der Waals surface area (Å²) in [6.45, 7) is 8.68. The van der Waals surface area contributed by atoms with Crippen molar-refractivity contribution >= 4 is 39.0 Å². The number of rotatable bonds is 11. The number of amides is 1. The molecular weight excluding hydrogens is 633 g/mol. The summed E-state index contributed by atoms with van der Waals surface area (Å²) in [5.74, 6) is -2.19. The van der Waals surface area contributed by atoms with E-state index < -0.39 is 22.0 Å². The van der Waals surface area contributed by atoms with E-state index in [-0.39, 0.29) is 41.8 Å². The first-order chi connectivity index (χ1) is 21.1. The van der Waals surface area contributed by atoms with Gasteiger partial charge in [0.2, 0.25) is 0 Å². The van der Waals surface area contributed by atoms with Crippen LogP contribution in [0.15, 0.2) is 24.3 Å². The number of nitrogens with one attached hydrogen (secondary N) is 3. The molecule has 0 saturated carbocycles. The summed E-state index contributed by atoms with van der Waals surface area (Å²) in [4.78, 5) is 36.5. The van der Waals surface area contributed by atoms with Crippen LogP contribution in [0, 0.1) is 5.41 Å². The maximum Gasteiger partial charge on any atom is 0.490 e. The Hall–Kier alpha value is -4.34. The summed E-state index contributed by atoms with van der Waals surface area (Å²) < 4.78 is 66.4. The minimum Gasteiger partial charge on any atom is -0.494 e. The highest BCUT2D eigenvalue weighted by atomic mass is 32.2. The molecule has 0 radical (unpaired) electrons. The minimum absolute atomic E-state index is 0.0501. The lowest BCUT2D eigenvalue weighted by atomic mass is 9.84. The van der Waals surface area contributed by atoms with E-state index in [1.54, 1.807) is 36.3 Å². The van der Waals surface area contributed by atoms with Crippen LogP contribution in [-0.2, 0) is 26.6 Å². The number of hydrogen-bond donors (Lipinski definition) is 4.